The van der Waals surface area contributed by atoms with Crippen LogP contribution in [-0.2, 0) is 0 Å². The first-order valence-electron chi connectivity index (χ1n) is 3.68. The van der Waals surface area contributed by atoms with Crippen LogP contribution in [0.3, 0.4) is 0 Å². The van der Waals surface area contributed by atoms with Crippen LogP contribution in [0.4, 0.5) is 0 Å². The number of hydrogen-bond donors (Lipinski definition) is 0. The molecule has 0 aromatic carbocycles. The zero-order chi connectivity index (χ0) is 7.19. The van der Waals surface area contributed by atoms with Crippen molar-refractivity contribution in [3.05, 3.63) is 0 Å². The lowest BCUT2D eigenvalue weighted by atomic mass is 10.2. The van der Waals surface area contributed by atoms with E-state index in [4.69, 9.17) is 0 Å². The Morgan fingerprint density at radius 2 is 1.60 bits per heavy atom. The summed E-state index contributed by atoms with van der Waals surface area (Å²) < 4.78 is 0.348. The van der Waals surface area contributed by atoms with Crippen molar-refractivity contribution in [3.8, 4) is 0 Å². The zero-order valence-corrected chi connectivity index (χ0v) is 9.64. The normalized spacial score (nSPS) is 43.8. The minimum atomic E-state index is 0.348. The van der Waals surface area contributed by atoms with Crippen LogP contribution in [0.5, 0.6) is 0 Å². The Morgan fingerprint density at radius 1 is 1.10 bits per heavy atom. The van der Waals surface area contributed by atoms with Crippen LogP contribution in [0.15, 0.2) is 0 Å². The van der Waals surface area contributed by atoms with Crippen LogP contribution in [0.2, 0.25) is 0 Å². The van der Waals surface area contributed by atoms with Gasteiger partial charge in [0.25, 0.3) is 0 Å². The summed E-state index contributed by atoms with van der Waals surface area (Å²) in [6.45, 7) is 0. The number of hydrogen-bond acceptors (Lipinski definition) is 1. The summed E-state index contributed by atoms with van der Waals surface area (Å²) in [7, 11) is 0. The van der Waals surface area contributed by atoms with Gasteiger partial charge in [0.05, 0.1) is 3.23 Å². The Kier molecular flexibility index (Phi) is 2.11. The number of alkyl halides is 2. The summed E-state index contributed by atoms with van der Waals surface area (Å²) >= 11 is 9.55. The molecule has 0 aromatic heterocycles. The monoisotopic (exact) mass is 284 g/mol. The van der Waals surface area contributed by atoms with Crippen molar-refractivity contribution < 1.29 is 0 Å². The summed E-state index contributed by atoms with van der Waals surface area (Å²) in [4.78, 5) is 0. The molecule has 0 aromatic rings. The Morgan fingerprint density at radius 3 is 2.10 bits per heavy atom. The molecule has 0 unspecified atom stereocenters. The van der Waals surface area contributed by atoms with E-state index in [1.807, 2.05) is 0 Å². The van der Waals surface area contributed by atoms with E-state index in [-0.39, 0.29) is 0 Å². The number of fused-ring (bicyclic) bond motifs is 1. The third kappa shape index (κ3) is 1.18. The van der Waals surface area contributed by atoms with E-state index in [0.717, 1.165) is 11.8 Å². The van der Waals surface area contributed by atoms with Crippen LogP contribution in [0.1, 0.15) is 12.8 Å². The van der Waals surface area contributed by atoms with E-state index >= 15 is 0 Å². The van der Waals surface area contributed by atoms with Crippen molar-refractivity contribution in [2.45, 2.75) is 16.1 Å². The van der Waals surface area contributed by atoms with E-state index in [1.165, 1.54) is 24.3 Å². The highest BCUT2D eigenvalue weighted by atomic mass is 79.9. The van der Waals surface area contributed by atoms with Gasteiger partial charge >= 0.3 is 0 Å². The number of thioether (sulfide) groups is 1. The molecule has 58 valence electrons. The average molecular weight is 286 g/mol. The minimum absolute atomic E-state index is 0.348. The summed E-state index contributed by atoms with van der Waals surface area (Å²) in [5, 5.41) is 0. The van der Waals surface area contributed by atoms with Gasteiger partial charge in [0, 0.05) is 0 Å². The second kappa shape index (κ2) is 2.67. The van der Waals surface area contributed by atoms with Gasteiger partial charge in [0.1, 0.15) is 0 Å². The van der Waals surface area contributed by atoms with E-state index in [0.29, 0.717) is 3.23 Å². The first-order valence-corrected chi connectivity index (χ1v) is 6.42. The highest BCUT2D eigenvalue weighted by Gasteiger charge is 2.60. The smallest absolute Gasteiger partial charge is 0.0869 e. The standard InChI is InChI=1S/C7H10Br2S/c8-7(9)5-1-3-10-4-2-6(5)7/h5-6H,1-4H2/t5-,6-/m0/s1. The summed E-state index contributed by atoms with van der Waals surface area (Å²) in [5.74, 6) is 4.56. The molecule has 3 heteroatoms. The second-order valence-electron chi connectivity index (χ2n) is 3.08. The van der Waals surface area contributed by atoms with Gasteiger partial charge in [-0.15, -0.1) is 0 Å². The van der Waals surface area contributed by atoms with Gasteiger partial charge in [-0.25, -0.2) is 0 Å². The van der Waals surface area contributed by atoms with Gasteiger partial charge in [-0.3, -0.25) is 0 Å². The third-order valence-electron chi connectivity index (χ3n) is 2.51. The second-order valence-corrected chi connectivity index (χ2v) is 7.99. The topological polar surface area (TPSA) is 0 Å². The molecule has 2 fully saturated rings. The Hall–Kier alpha value is 1.31. The molecule has 1 saturated heterocycles. The van der Waals surface area contributed by atoms with Crippen LogP contribution in [0, 0.1) is 11.8 Å². The molecule has 1 saturated carbocycles. The molecular formula is C7H10Br2S. The molecular weight excluding hydrogens is 276 g/mol. The molecule has 0 nitrogen and oxygen atoms in total. The first-order chi connectivity index (χ1) is 4.73. The van der Waals surface area contributed by atoms with Crippen molar-refractivity contribution in [2.75, 3.05) is 11.5 Å². The molecule has 1 aliphatic carbocycles. The predicted octanol–water partition coefficient (Wildman–Crippen LogP) is 3.25. The van der Waals surface area contributed by atoms with Crippen LogP contribution in [0.25, 0.3) is 0 Å². The third-order valence-corrected chi connectivity index (χ3v) is 5.91. The average Bonchev–Trinajstić information content (AvgIpc) is 2.47. The Bertz CT molecular complexity index is 133. The van der Waals surface area contributed by atoms with Gasteiger partial charge in [-0.2, -0.15) is 11.8 Å². The Labute approximate surface area is 82.8 Å². The highest BCUT2D eigenvalue weighted by molar-refractivity contribution is 9.25. The lowest BCUT2D eigenvalue weighted by Gasteiger charge is -2.01. The van der Waals surface area contributed by atoms with E-state index in [1.54, 1.807) is 0 Å². The lowest BCUT2D eigenvalue weighted by molar-refractivity contribution is 0.685. The van der Waals surface area contributed by atoms with Crippen LogP contribution >= 0.6 is 43.6 Å². The van der Waals surface area contributed by atoms with E-state index in [2.05, 4.69) is 43.6 Å². The van der Waals surface area contributed by atoms with Gasteiger partial charge in [-0.1, -0.05) is 31.9 Å². The summed E-state index contributed by atoms with van der Waals surface area (Å²) in [6, 6.07) is 0. The molecule has 2 atom stereocenters. The molecule has 2 rings (SSSR count). The number of rotatable bonds is 0. The summed E-state index contributed by atoms with van der Waals surface area (Å²) in [5.41, 5.74) is 0. The van der Waals surface area contributed by atoms with Crippen molar-refractivity contribution in [1.29, 1.82) is 0 Å². The molecule has 1 aliphatic heterocycles. The lowest BCUT2D eigenvalue weighted by Crippen LogP contribution is -1.94. The van der Waals surface area contributed by atoms with Gasteiger partial charge in [-0.05, 0) is 36.2 Å². The van der Waals surface area contributed by atoms with Crippen molar-refractivity contribution in [3.63, 3.8) is 0 Å². The Balaban J connectivity index is 2.01. The highest BCUT2D eigenvalue weighted by Crippen LogP contribution is 2.66. The van der Waals surface area contributed by atoms with Crippen molar-refractivity contribution in [2.24, 2.45) is 11.8 Å². The van der Waals surface area contributed by atoms with E-state index in [9.17, 15) is 0 Å². The maximum absolute atomic E-state index is 3.72. The van der Waals surface area contributed by atoms with Crippen molar-refractivity contribution in [1.82, 2.24) is 0 Å². The van der Waals surface area contributed by atoms with Crippen LogP contribution < -0.4 is 0 Å². The fraction of sp³-hybridized carbons (Fsp3) is 1.00. The largest absolute Gasteiger partial charge is 0.162 e. The molecule has 0 spiro atoms. The van der Waals surface area contributed by atoms with Crippen LogP contribution in [-0.4, -0.2) is 14.7 Å². The minimum Gasteiger partial charge on any atom is -0.162 e. The van der Waals surface area contributed by atoms with Gasteiger partial charge in [0.15, 0.2) is 0 Å². The van der Waals surface area contributed by atoms with E-state index < -0.39 is 0 Å². The molecule has 0 radical (unpaired) electrons. The summed E-state index contributed by atoms with van der Waals surface area (Å²) in [6.07, 6.45) is 2.79. The van der Waals surface area contributed by atoms with Gasteiger partial charge in [0.2, 0.25) is 0 Å². The quantitative estimate of drug-likeness (QED) is 0.616. The predicted molar refractivity (Wildman–Crippen MR) is 54.1 cm³/mol. The SMILES string of the molecule is BrC1(Br)[C@H]2CCSCC[C@@H]21. The molecule has 0 amide bonds. The molecule has 10 heavy (non-hydrogen) atoms. The fourth-order valence-electron chi connectivity index (χ4n) is 1.77. The maximum atomic E-state index is 3.72. The molecule has 1 heterocycles. The molecule has 2 aliphatic rings. The van der Waals surface area contributed by atoms with Crippen molar-refractivity contribution >= 4 is 43.6 Å². The fourth-order valence-corrected chi connectivity index (χ4v) is 4.74. The first kappa shape index (κ1) is 7.93. The molecule has 0 bridgehead atoms. The molecule has 0 N–H and O–H groups in total. The maximum Gasteiger partial charge on any atom is 0.0869 e. The zero-order valence-electron chi connectivity index (χ0n) is 5.65. The van der Waals surface area contributed by atoms with Gasteiger partial charge < -0.3 is 0 Å². The number of halogens is 2.